The first-order valence-electron chi connectivity index (χ1n) is 5.10. The Labute approximate surface area is 97.6 Å². The van der Waals surface area contributed by atoms with Crippen LogP contribution >= 0.6 is 15.9 Å². The van der Waals surface area contributed by atoms with Gasteiger partial charge in [-0.3, -0.25) is 0 Å². The number of aryl methyl sites for hydroxylation is 2. The van der Waals surface area contributed by atoms with Gasteiger partial charge in [0.25, 0.3) is 0 Å². The Morgan fingerprint density at radius 2 is 2.20 bits per heavy atom. The van der Waals surface area contributed by atoms with E-state index in [1.807, 2.05) is 12.1 Å². The van der Waals surface area contributed by atoms with Crippen LogP contribution in [0.25, 0.3) is 11.0 Å². The van der Waals surface area contributed by atoms with E-state index < -0.39 is 0 Å². The fraction of sp³-hybridized carbons (Fsp3) is 0.333. The molecule has 0 fully saturated rings. The fourth-order valence-electron chi connectivity index (χ4n) is 1.74. The topological polar surface area (TPSA) is 39.2 Å². The molecule has 0 aliphatic rings. The van der Waals surface area contributed by atoms with Gasteiger partial charge in [0.1, 0.15) is 11.3 Å². The molecular formula is C12H14BrNO. The minimum absolute atomic E-state index is 0.709. The second kappa shape index (κ2) is 4.37. The van der Waals surface area contributed by atoms with Crippen molar-refractivity contribution in [2.45, 2.75) is 19.8 Å². The van der Waals surface area contributed by atoms with E-state index in [9.17, 15) is 0 Å². The van der Waals surface area contributed by atoms with Crippen LogP contribution in [0.4, 0.5) is 0 Å². The summed E-state index contributed by atoms with van der Waals surface area (Å²) >= 11 is 3.47. The standard InChI is InChI=1S/C12H14BrNO/c1-8-10-7-9(13)4-5-12(10)15-11(8)3-2-6-14/h4-5,7H,2-3,6,14H2,1H3. The molecule has 0 saturated carbocycles. The summed E-state index contributed by atoms with van der Waals surface area (Å²) in [6.45, 7) is 2.81. The summed E-state index contributed by atoms with van der Waals surface area (Å²) in [6, 6.07) is 6.09. The zero-order chi connectivity index (χ0) is 10.8. The smallest absolute Gasteiger partial charge is 0.134 e. The zero-order valence-corrected chi connectivity index (χ0v) is 10.3. The van der Waals surface area contributed by atoms with Crippen LogP contribution in [0.1, 0.15) is 17.7 Å². The van der Waals surface area contributed by atoms with Gasteiger partial charge in [0.2, 0.25) is 0 Å². The molecule has 0 aliphatic heterocycles. The van der Waals surface area contributed by atoms with Crippen LogP contribution < -0.4 is 5.73 Å². The zero-order valence-electron chi connectivity index (χ0n) is 8.72. The highest BCUT2D eigenvalue weighted by Gasteiger charge is 2.09. The summed E-state index contributed by atoms with van der Waals surface area (Å²) in [6.07, 6.45) is 1.90. The van der Waals surface area contributed by atoms with Gasteiger partial charge < -0.3 is 10.2 Å². The van der Waals surface area contributed by atoms with E-state index in [4.69, 9.17) is 10.2 Å². The number of hydrogen-bond acceptors (Lipinski definition) is 2. The molecule has 2 N–H and O–H groups in total. The molecular weight excluding hydrogens is 254 g/mol. The Morgan fingerprint density at radius 1 is 1.40 bits per heavy atom. The van der Waals surface area contributed by atoms with Crippen LogP contribution in [0, 0.1) is 6.92 Å². The van der Waals surface area contributed by atoms with Gasteiger partial charge >= 0.3 is 0 Å². The Morgan fingerprint density at radius 3 is 2.93 bits per heavy atom. The highest BCUT2D eigenvalue weighted by Crippen LogP contribution is 2.28. The maximum atomic E-state index is 5.78. The lowest BCUT2D eigenvalue weighted by Crippen LogP contribution is -2.00. The summed E-state index contributed by atoms with van der Waals surface area (Å²) in [4.78, 5) is 0. The van der Waals surface area contributed by atoms with Crippen molar-refractivity contribution in [3.63, 3.8) is 0 Å². The number of hydrogen-bond donors (Lipinski definition) is 1. The lowest BCUT2D eigenvalue weighted by molar-refractivity contribution is 0.536. The first-order chi connectivity index (χ1) is 7.22. The first kappa shape index (κ1) is 10.7. The van der Waals surface area contributed by atoms with Crippen LogP contribution in [0.15, 0.2) is 27.1 Å². The Bertz CT molecular complexity index is 476. The van der Waals surface area contributed by atoms with Crippen molar-refractivity contribution in [1.29, 1.82) is 0 Å². The number of furan rings is 1. The summed E-state index contributed by atoms with van der Waals surface area (Å²) in [5, 5.41) is 1.19. The van der Waals surface area contributed by atoms with Gasteiger partial charge in [-0.2, -0.15) is 0 Å². The van der Waals surface area contributed by atoms with Gasteiger partial charge in [0.15, 0.2) is 0 Å². The predicted octanol–water partition coefficient (Wildman–Crippen LogP) is 3.40. The number of fused-ring (bicyclic) bond motifs is 1. The van der Waals surface area contributed by atoms with Crippen molar-refractivity contribution in [2.24, 2.45) is 5.73 Å². The van der Waals surface area contributed by atoms with E-state index in [0.29, 0.717) is 6.54 Å². The SMILES string of the molecule is Cc1c(CCCN)oc2ccc(Br)cc12. The molecule has 0 saturated heterocycles. The summed E-state index contributed by atoms with van der Waals surface area (Å²) < 4.78 is 6.87. The molecule has 1 aromatic heterocycles. The van der Waals surface area contributed by atoms with Gasteiger partial charge in [-0.05, 0) is 43.7 Å². The van der Waals surface area contributed by atoms with Crippen LogP contribution in [0.5, 0.6) is 0 Å². The monoisotopic (exact) mass is 267 g/mol. The molecule has 80 valence electrons. The van der Waals surface area contributed by atoms with Crippen LogP contribution in [0.2, 0.25) is 0 Å². The second-order valence-electron chi connectivity index (χ2n) is 3.68. The van der Waals surface area contributed by atoms with E-state index in [-0.39, 0.29) is 0 Å². The molecule has 0 aliphatic carbocycles. The number of rotatable bonds is 3. The Kier molecular flexibility index (Phi) is 3.12. The van der Waals surface area contributed by atoms with Gasteiger partial charge in [-0.1, -0.05) is 15.9 Å². The van der Waals surface area contributed by atoms with Gasteiger partial charge in [-0.25, -0.2) is 0 Å². The van der Waals surface area contributed by atoms with Crippen molar-refractivity contribution in [3.8, 4) is 0 Å². The minimum Gasteiger partial charge on any atom is -0.461 e. The highest BCUT2D eigenvalue weighted by molar-refractivity contribution is 9.10. The fourth-order valence-corrected chi connectivity index (χ4v) is 2.11. The maximum absolute atomic E-state index is 5.78. The first-order valence-corrected chi connectivity index (χ1v) is 5.89. The lowest BCUT2D eigenvalue weighted by atomic mass is 10.1. The third-order valence-corrected chi connectivity index (χ3v) is 3.10. The van der Waals surface area contributed by atoms with Gasteiger partial charge in [-0.15, -0.1) is 0 Å². The molecule has 0 unspecified atom stereocenters. The highest BCUT2D eigenvalue weighted by atomic mass is 79.9. The van der Waals surface area contributed by atoms with E-state index in [1.54, 1.807) is 0 Å². The van der Waals surface area contributed by atoms with E-state index >= 15 is 0 Å². The van der Waals surface area contributed by atoms with Crippen LogP contribution in [-0.4, -0.2) is 6.54 Å². The summed E-state index contributed by atoms with van der Waals surface area (Å²) in [5.74, 6) is 1.06. The third kappa shape index (κ3) is 2.08. The molecule has 0 amide bonds. The molecule has 0 spiro atoms. The minimum atomic E-state index is 0.709. The Balaban J connectivity index is 2.45. The molecule has 1 aromatic carbocycles. The predicted molar refractivity (Wildman–Crippen MR) is 66.0 cm³/mol. The number of halogens is 1. The molecule has 15 heavy (non-hydrogen) atoms. The molecule has 1 heterocycles. The average Bonchev–Trinajstić information content (AvgIpc) is 2.53. The third-order valence-electron chi connectivity index (χ3n) is 2.60. The van der Waals surface area contributed by atoms with Gasteiger partial charge in [0, 0.05) is 16.3 Å². The van der Waals surface area contributed by atoms with Crippen molar-refractivity contribution in [3.05, 3.63) is 34.0 Å². The molecule has 0 bridgehead atoms. The van der Waals surface area contributed by atoms with E-state index in [1.165, 1.54) is 10.9 Å². The number of nitrogens with two attached hydrogens (primary N) is 1. The molecule has 0 atom stereocenters. The lowest BCUT2D eigenvalue weighted by Gasteiger charge is -1.95. The summed E-state index contributed by atoms with van der Waals surface area (Å²) in [7, 11) is 0. The van der Waals surface area contributed by atoms with Crippen molar-refractivity contribution < 1.29 is 4.42 Å². The quantitative estimate of drug-likeness (QED) is 0.926. The van der Waals surface area contributed by atoms with Crippen molar-refractivity contribution >= 4 is 26.9 Å². The molecule has 3 heteroatoms. The number of benzene rings is 1. The molecule has 2 aromatic rings. The van der Waals surface area contributed by atoms with Gasteiger partial charge in [0.05, 0.1) is 0 Å². The molecule has 2 rings (SSSR count). The molecule has 0 radical (unpaired) electrons. The second-order valence-corrected chi connectivity index (χ2v) is 4.60. The molecule has 2 nitrogen and oxygen atoms in total. The summed E-state index contributed by atoms with van der Waals surface area (Å²) in [5.41, 5.74) is 7.69. The van der Waals surface area contributed by atoms with Crippen LogP contribution in [0.3, 0.4) is 0 Å². The van der Waals surface area contributed by atoms with Crippen LogP contribution in [-0.2, 0) is 6.42 Å². The maximum Gasteiger partial charge on any atom is 0.134 e. The van der Waals surface area contributed by atoms with Crippen molar-refractivity contribution in [2.75, 3.05) is 6.54 Å². The Hall–Kier alpha value is -0.800. The normalized spacial score (nSPS) is 11.1. The van der Waals surface area contributed by atoms with E-state index in [0.717, 1.165) is 28.7 Å². The average molecular weight is 268 g/mol. The largest absolute Gasteiger partial charge is 0.461 e. The van der Waals surface area contributed by atoms with E-state index in [2.05, 4.69) is 28.9 Å². The van der Waals surface area contributed by atoms with Crippen molar-refractivity contribution in [1.82, 2.24) is 0 Å².